The zero-order chi connectivity index (χ0) is 19.4. The Hall–Kier alpha value is -3.99. The van der Waals surface area contributed by atoms with Crippen LogP contribution in [0.1, 0.15) is 22.6 Å². The van der Waals surface area contributed by atoms with E-state index in [1.807, 2.05) is 54.6 Å². The molecule has 0 saturated carbocycles. The highest BCUT2D eigenvalue weighted by molar-refractivity contribution is 5.90. The largest absolute Gasteiger partial charge is 0.438 e. The predicted molar refractivity (Wildman–Crippen MR) is 109 cm³/mol. The topological polar surface area (TPSA) is 65.2 Å². The van der Waals surface area contributed by atoms with Crippen LogP contribution in [-0.2, 0) is 0 Å². The summed E-state index contributed by atoms with van der Waals surface area (Å²) in [4.78, 5) is 22.2. The van der Waals surface area contributed by atoms with E-state index in [-0.39, 0.29) is 11.3 Å². The molecule has 0 fully saturated rings. The first-order valence-electron chi connectivity index (χ1n) is 9.33. The lowest BCUT2D eigenvalue weighted by atomic mass is 9.82. The van der Waals surface area contributed by atoms with Crippen LogP contribution < -0.4 is 10.2 Å². The van der Waals surface area contributed by atoms with Gasteiger partial charge >= 0.3 is 0 Å². The minimum Gasteiger partial charge on any atom is -0.438 e. The Bertz CT molecular complexity index is 1430. The van der Waals surface area contributed by atoms with Crippen molar-refractivity contribution in [3.05, 3.63) is 106 Å². The maximum Gasteiger partial charge on any atom is 0.230 e. The first kappa shape index (κ1) is 16.0. The molecule has 1 aliphatic rings. The van der Waals surface area contributed by atoms with Crippen LogP contribution in [0.25, 0.3) is 22.1 Å². The van der Waals surface area contributed by atoms with Crippen LogP contribution in [0.15, 0.2) is 88.3 Å². The number of hydrogen-bond donors (Lipinski definition) is 0. The van der Waals surface area contributed by atoms with Crippen molar-refractivity contribution >= 4 is 22.1 Å². The van der Waals surface area contributed by atoms with E-state index < -0.39 is 0 Å². The summed E-state index contributed by atoms with van der Waals surface area (Å²) in [5.41, 5.74) is 3.50. The number of hydrogen-bond acceptors (Lipinski definition) is 5. The van der Waals surface area contributed by atoms with Crippen molar-refractivity contribution in [3.63, 3.8) is 0 Å². The lowest BCUT2D eigenvalue weighted by molar-refractivity contribution is 0.434. The Kier molecular flexibility index (Phi) is 3.32. The molecule has 0 N–H and O–H groups in total. The van der Waals surface area contributed by atoms with Gasteiger partial charge in [-0.3, -0.25) is 4.79 Å². The molecule has 0 bridgehead atoms. The SMILES string of the molecule is O=c1c2ccccc2oc2nccc(C3c4ccccc4Oc4ncccc43)c12. The molecule has 3 aromatic heterocycles. The molecule has 1 atom stereocenters. The van der Waals surface area contributed by atoms with E-state index in [1.165, 1.54) is 0 Å². The first-order valence-corrected chi connectivity index (χ1v) is 9.33. The van der Waals surface area contributed by atoms with Gasteiger partial charge in [-0.1, -0.05) is 36.4 Å². The normalized spacial score (nSPS) is 15.0. The van der Waals surface area contributed by atoms with Gasteiger partial charge in [-0.25, -0.2) is 9.97 Å². The second-order valence-electron chi connectivity index (χ2n) is 6.98. The number of nitrogens with zero attached hydrogens (tertiary/aromatic N) is 2. The lowest BCUT2D eigenvalue weighted by Gasteiger charge is -2.28. The van der Waals surface area contributed by atoms with E-state index in [0.29, 0.717) is 27.9 Å². The fourth-order valence-corrected chi connectivity index (χ4v) is 4.11. The van der Waals surface area contributed by atoms with Crippen LogP contribution in [0.2, 0.25) is 0 Å². The molecule has 5 nitrogen and oxygen atoms in total. The van der Waals surface area contributed by atoms with Gasteiger partial charge in [-0.05, 0) is 35.9 Å². The van der Waals surface area contributed by atoms with Crippen LogP contribution in [-0.4, -0.2) is 9.97 Å². The highest BCUT2D eigenvalue weighted by atomic mass is 16.5. The second-order valence-corrected chi connectivity index (χ2v) is 6.98. The molecule has 29 heavy (non-hydrogen) atoms. The maximum absolute atomic E-state index is 13.4. The van der Waals surface area contributed by atoms with E-state index in [2.05, 4.69) is 9.97 Å². The highest BCUT2D eigenvalue weighted by Crippen LogP contribution is 2.47. The third-order valence-electron chi connectivity index (χ3n) is 5.37. The fraction of sp³-hybridized carbons (Fsp3) is 0.0417. The number of fused-ring (bicyclic) bond motifs is 4. The molecule has 5 aromatic rings. The van der Waals surface area contributed by atoms with Gasteiger partial charge < -0.3 is 9.15 Å². The first-order chi connectivity index (χ1) is 14.3. The molecule has 1 aliphatic heterocycles. The van der Waals surface area contributed by atoms with Crippen LogP contribution in [0.4, 0.5) is 0 Å². The molecular weight excluding hydrogens is 364 g/mol. The van der Waals surface area contributed by atoms with Crippen LogP contribution in [0.5, 0.6) is 11.6 Å². The number of pyridine rings is 2. The van der Waals surface area contributed by atoms with Gasteiger partial charge in [0.15, 0.2) is 0 Å². The Morgan fingerprint density at radius 3 is 2.55 bits per heavy atom. The predicted octanol–water partition coefficient (Wildman–Crippen LogP) is 5.02. The number of para-hydroxylation sites is 2. The quantitative estimate of drug-likeness (QED) is 0.376. The molecule has 138 valence electrons. The summed E-state index contributed by atoms with van der Waals surface area (Å²) in [7, 11) is 0. The van der Waals surface area contributed by atoms with Crippen LogP contribution >= 0.6 is 0 Å². The van der Waals surface area contributed by atoms with E-state index in [4.69, 9.17) is 9.15 Å². The second kappa shape index (κ2) is 6.01. The standard InChI is InChI=1S/C24H14N2O3/c27-22-15-7-2-4-10-19(15)29-24-21(22)16(11-13-26-24)20-14-6-1-3-9-18(14)28-23-17(20)8-5-12-25-23/h1-13,20H. The maximum atomic E-state index is 13.4. The van der Waals surface area contributed by atoms with Crippen molar-refractivity contribution in [2.24, 2.45) is 0 Å². The molecular formula is C24H14N2O3. The number of benzene rings is 2. The zero-order valence-electron chi connectivity index (χ0n) is 15.2. The van der Waals surface area contributed by atoms with E-state index in [1.54, 1.807) is 24.5 Å². The number of rotatable bonds is 1. The molecule has 0 spiro atoms. The average Bonchev–Trinajstić information content (AvgIpc) is 2.77. The molecule has 6 rings (SSSR count). The Balaban J connectivity index is 1.74. The van der Waals surface area contributed by atoms with Gasteiger partial charge in [0.05, 0.1) is 10.8 Å². The molecule has 5 heteroatoms. The average molecular weight is 378 g/mol. The third kappa shape index (κ3) is 2.31. The third-order valence-corrected chi connectivity index (χ3v) is 5.37. The Morgan fingerprint density at radius 2 is 1.59 bits per heavy atom. The smallest absolute Gasteiger partial charge is 0.230 e. The zero-order valence-corrected chi connectivity index (χ0v) is 15.2. The van der Waals surface area contributed by atoms with Gasteiger partial charge in [0.25, 0.3) is 0 Å². The van der Waals surface area contributed by atoms with Crippen molar-refractivity contribution in [1.82, 2.24) is 9.97 Å². The van der Waals surface area contributed by atoms with Gasteiger partial charge in [-0.15, -0.1) is 0 Å². The summed E-state index contributed by atoms with van der Waals surface area (Å²) in [6.07, 6.45) is 3.39. The van der Waals surface area contributed by atoms with E-state index >= 15 is 0 Å². The summed E-state index contributed by atoms with van der Waals surface area (Å²) in [6, 6.07) is 20.8. The Morgan fingerprint density at radius 1 is 0.759 bits per heavy atom. The molecule has 1 unspecified atom stereocenters. The minimum absolute atomic E-state index is 0.0839. The van der Waals surface area contributed by atoms with E-state index in [0.717, 1.165) is 22.4 Å². The van der Waals surface area contributed by atoms with Crippen molar-refractivity contribution in [3.8, 4) is 11.6 Å². The molecule has 4 heterocycles. The lowest BCUT2D eigenvalue weighted by Crippen LogP contribution is -2.15. The summed E-state index contributed by atoms with van der Waals surface area (Å²) >= 11 is 0. The van der Waals surface area contributed by atoms with Crippen LogP contribution in [0, 0.1) is 0 Å². The molecule has 0 aliphatic carbocycles. The minimum atomic E-state index is -0.210. The van der Waals surface area contributed by atoms with Crippen molar-refractivity contribution in [1.29, 1.82) is 0 Å². The number of ether oxygens (including phenoxy) is 1. The van der Waals surface area contributed by atoms with Crippen LogP contribution in [0.3, 0.4) is 0 Å². The van der Waals surface area contributed by atoms with Crippen molar-refractivity contribution in [2.75, 3.05) is 0 Å². The van der Waals surface area contributed by atoms with Gasteiger partial charge in [0.2, 0.25) is 17.0 Å². The highest BCUT2D eigenvalue weighted by Gasteiger charge is 2.31. The van der Waals surface area contributed by atoms with Gasteiger partial charge in [0, 0.05) is 29.4 Å². The van der Waals surface area contributed by atoms with Crippen molar-refractivity contribution < 1.29 is 9.15 Å². The summed E-state index contributed by atoms with van der Waals surface area (Å²) in [6.45, 7) is 0. The Labute approximate surface area is 165 Å². The number of aromatic nitrogens is 2. The molecule has 0 amide bonds. The molecule has 0 saturated heterocycles. The fourth-order valence-electron chi connectivity index (χ4n) is 4.11. The van der Waals surface area contributed by atoms with Gasteiger partial charge in [-0.2, -0.15) is 0 Å². The molecule has 0 radical (unpaired) electrons. The van der Waals surface area contributed by atoms with Crippen molar-refractivity contribution in [2.45, 2.75) is 5.92 Å². The molecule has 2 aromatic carbocycles. The van der Waals surface area contributed by atoms with Gasteiger partial charge in [0.1, 0.15) is 11.3 Å². The monoisotopic (exact) mass is 378 g/mol. The van der Waals surface area contributed by atoms with E-state index in [9.17, 15) is 4.79 Å². The summed E-state index contributed by atoms with van der Waals surface area (Å²) in [5.74, 6) is 1.07. The summed E-state index contributed by atoms with van der Waals surface area (Å²) < 4.78 is 12.0. The summed E-state index contributed by atoms with van der Waals surface area (Å²) in [5, 5.41) is 1.03.